The van der Waals surface area contributed by atoms with Gasteiger partial charge in [-0.1, -0.05) is 24.3 Å². The number of hydrogen-bond acceptors (Lipinski definition) is 3. The van der Waals surface area contributed by atoms with E-state index in [1.54, 1.807) is 0 Å². The van der Waals surface area contributed by atoms with E-state index in [2.05, 4.69) is 67.1 Å². The zero-order valence-electron chi connectivity index (χ0n) is 12.8. The molecule has 0 atom stereocenters. The van der Waals surface area contributed by atoms with Crippen LogP contribution in [0, 0.1) is 6.92 Å². The SMILES string of the molecule is Cc1c2ccccc2[n+](C)c2ccccc12.O=S(=O)([O-])C(F)(F)F. The fourth-order valence-electron chi connectivity index (χ4n) is 2.44. The molecule has 0 aliphatic rings. The Bertz CT molecular complexity index is 882. The highest BCUT2D eigenvalue weighted by atomic mass is 32.2. The minimum Gasteiger partial charge on any atom is -0.741 e. The lowest BCUT2D eigenvalue weighted by molar-refractivity contribution is -0.617. The minimum atomic E-state index is -6.09. The van der Waals surface area contributed by atoms with E-state index in [0.717, 1.165) is 0 Å². The first-order valence-electron chi connectivity index (χ1n) is 6.82. The number of aromatic nitrogens is 1. The molecule has 1 heterocycles. The van der Waals surface area contributed by atoms with Gasteiger partial charge < -0.3 is 4.55 Å². The molecule has 0 amide bonds. The molecule has 0 saturated heterocycles. The number of hydrogen-bond donors (Lipinski definition) is 0. The normalized spacial score (nSPS) is 12.1. The zero-order valence-corrected chi connectivity index (χ0v) is 13.6. The maximum absolute atomic E-state index is 10.7. The fraction of sp³-hybridized carbons (Fsp3) is 0.188. The van der Waals surface area contributed by atoms with Crippen LogP contribution in [0.1, 0.15) is 5.56 Å². The summed E-state index contributed by atoms with van der Waals surface area (Å²) in [5.41, 5.74) is -1.70. The number of nitrogens with zero attached hydrogens (tertiary/aromatic N) is 1. The maximum atomic E-state index is 10.7. The van der Waals surface area contributed by atoms with Crippen LogP contribution in [0.2, 0.25) is 0 Å². The van der Waals surface area contributed by atoms with Gasteiger partial charge >= 0.3 is 5.51 Å². The Labute approximate surface area is 136 Å². The minimum absolute atomic E-state index is 1.29. The van der Waals surface area contributed by atoms with E-state index < -0.39 is 15.6 Å². The van der Waals surface area contributed by atoms with Gasteiger partial charge in [-0.2, -0.15) is 17.7 Å². The molecule has 0 spiro atoms. The average Bonchev–Trinajstić information content (AvgIpc) is 2.51. The van der Waals surface area contributed by atoms with Gasteiger partial charge in [0.05, 0.1) is 0 Å². The molecule has 8 heteroatoms. The number of halogens is 3. The topological polar surface area (TPSA) is 61.1 Å². The summed E-state index contributed by atoms with van der Waals surface area (Å²) in [6.07, 6.45) is 0. The van der Waals surface area contributed by atoms with Crippen molar-refractivity contribution in [3.8, 4) is 0 Å². The molecule has 0 radical (unpaired) electrons. The summed E-state index contributed by atoms with van der Waals surface area (Å²) in [6, 6.07) is 17.1. The Balaban J connectivity index is 0.000000224. The third-order valence-corrected chi connectivity index (χ3v) is 4.19. The van der Waals surface area contributed by atoms with E-state index in [0.29, 0.717) is 0 Å². The van der Waals surface area contributed by atoms with Crippen molar-refractivity contribution in [3.63, 3.8) is 0 Å². The number of para-hydroxylation sites is 2. The molecular weight excluding hydrogens is 343 g/mol. The third-order valence-electron chi connectivity index (χ3n) is 3.62. The summed E-state index contributed by atoms with van der Waals surface area (Å²) < 4.78 is 61.2. The van der Waals surface area contributed by atoms with Gasteiger partial charge in [0.15, 0.2) is 10.1 Å². The highest BCUT2D eigenvalue weighted by molar-refractivity contribution is 7.86. The Morgan fingerprint density at radius 2 is 1.25 bits per heavy atom. The standard InChI is InChI=1S/C15H14N.CHF3O3S/c1-11-12-7-3-5-9-14(12)16(2)15-10-6-4-8-13(11)15;2-1(3,4)8(5,6)7/h3-10H,1-2H3;(H,5,6,7)/q+1;/p-1. The van der Waals surface area contributed by atoms with Crippen LogP contribution < -0.4 is 4.57 Å². The Kier molecular flexibility index (Phi) is 4.82. The molecule has 0 saturated carbocycles. The van der Waals surface area contributed by atoms with E-state index in [1.807, 2.05) is 0 Å². The van der Waals surface area contributed by atoms with Crippen LogP contribution in [-0.2, 0) is 17.2 Å². The number of fused-ring (bicyclic) bond motifs is 2. The third kappa shape index (κ3) is 3.49. The van der Waals surface area contributed by atoms with Gasteiger partial charge in [-0.3, -0.25) is 0 Å². The summed E-state index contributed by atoms with van der Waals surface area (Å²) >= 11 is 0. The van der Waals surface area contributed by atoms with Gasteiger partial charge in [0.25, 0.3) is 0 Å². The van der Waals surface area contributed by atoms with Gasteiger partial charge in [0.2, 0.25) is 11.0 Å². The van der Waals surface area contributed by atoms with E-state index >= 15 is 0 Å². The van der Waals surface area contributed by atoms with Crippen molar-refractivity contribution in [1.82, 2.24) is 0 Å². The lowest BCUT2D eigenvalue weighted by Crippen LogP contribution is -2.30. The van der Waals surface area contributed by atoms with Crippen molar-refractivity contribution in [1.29, 1.82) is 0 Å². The second kappa shape index (κ2) is 6.37. The van der Waals surface area contributed by atoms with Crippen molar-refractivity contribution in [2.75, 3.05) is 0 Å². The summed E-state index contributed by atoms with van der Waals surface area (Å²) in [5, 5.41) is 2.67. The Hall–Kier alpha value is -2.19. The molecule has 0 fully saturated rings. The summed E-state index contributed by atoms with van der Waals surface area (Å²) in [7, 11) is -3.96. The van der Waals surface area contributed by atoms with Crippen molar-refractivity contribution in [2.24, 2.45) is 7.05 Å². The van der Waals surface area contributed by atoms with E-state index in [-0.39, 0.29) is 0 Å². The lowest BCUT2D eigenvalue weighted by Gasteiger charge is -2.08. The number of rotatable bonds is 0. The van der Waals surface area contributed by atoms with Gasteiger partial charge in [-0.05, 0) is 24.6 Å². The largest absolute Gasteiger partial charge is 0.741 e. The van der Waals surface area contributed by atoms with Crippen LogP contribution in [0.3, 0.4) is 0 Å². The molecule has 0 bridgehead atoms. The molecule has 24 heavy (non-hydrogen) atoms. The molecule has 0 aliphatic carbocycles. The van der Waals surface area contributed by atoms with Crippen LogP contribution in [0.5, 0.6) is 0 Å². The van der Waals surface area contributed by atoms with Gasteiger partial charge in [0, 0.05) is 22.9 Å². The molecule has 0 N–H and O–H groups in total. The van der Waals surface area contributed by atoms with E-state index in [4.69, 9.17) is 13.0 Å². The Morgan fingerprint density at radius 3 is 1.58 bits per heavy atom. The van der Waals surface area contributed by atoms with E-state index in [9.17, 15) is 13.2 Å². The highest BCUT2D eigenvalue weighted by Crippen LogP contribution is 2.23. The van der Waals surface area contributed by atoms with Crippen molar-refractivity contribution in [2.45, 2.75) is 12.4 Å². The summed E-state index contributed by atoms with van der Waals surface area (Å²) in [4.78, 5) is 0. The predicted molar refractivity (Wildman–Crippen MR) is 83.1 cm³/mol. The quantitative estimate of drug-likeness (QED) is 0.269. The molecular formula is C16H14F3NO3S. The van der Waals surface area contributed by atoms with Crippen LogP contribution in [0.25, 0.3) is 21.8 Å². The van der Waals surface area contributed by atoms with Crippen molar-refractivity contribution < 1.29 is 30.7 Å². The van der Waals surface area contributed by atoms with Crippen LogP contribution >= 0.6 is 0 Å². The van der Waals surface area contributed by atoms with Crippen molar-refractivity contribution in [3.05, 3.63) is 54.1 Å². The second-order valence-corrected chi connectivity index (χ2v) is 6.49. The number of aryl methyl sites for hydroxylation is 2. The maximum Gasteiger partial charge on any atom is 0.485 e. The lowest BCUT2D eigenvalue weighted by atomic mass is 10.0. The smallest absolute Gasteiger partial charge is 0.485 e. The number of alkyl halides is 3. The zero-order chi connectivity index (χ0) is 18.1. The Morgan fingerprint density at radius 1 is 0.917 bits per heavy atom. The highest BCUT2D eigenvalue weighted by Gasteiger charge is 2.36. The van der Waals surface area contributed by atoms with Crippen LogP contribution in [-0.4, -0.2) is 18.5 Å². The monoisotopic (exact) mass is 357 g/mol. The molecule has 3 rings (SSSR count). The fourth-order valence-corrected chi connectivity index (χ4v) is 2.44. The van der Waals surface area contributed by atoms with Gasteiger partial charge in [-0.25, -0.2) is 8.42 Å². The second-order valence-electron chi connectivity index (χ2n) is 5.12. The van der Waals surface area contributed by atoms with Gasteiger partial charge in [-0.15, -0.1) is 0 Å². The average molecular weight is 357 g/mol. The molecule has 4 nitrogen and oxygen atoms in total. The predicted octanol–water partition coefficient (Wildman–Crippen LogP) is 3.18. The number of pyridine rings is 1. The van der Waals surface area contributed by atoms with Crippen molar-refractivity contribution >= 4 is 31.9 Å². The molecule has 2 aromatic carbocycles. The van der Waals surface area contributed by atoms with Crippen LogP contribution in [0.4, 0.5) is 13.2 Å². The molecule has 0 aliphatic heterocycles. The van der Waals surface area contributed by atoms with E-state index in [1.165, 1.54) is 27.4 Å². The first kappa shape index (κ1) is 18.2. The first-order chi connectivity index (χ1) is 11.0. The number of benzene rings is 2. The molecule has 3 aromatic rings. The summed E-state index contributed by atoms with van der Waals surface area (Å²) in [6.45, 7) is 2.20. The summed E-state index contributed by atoms with van der Waals surface area (Å²) in [5.74, 6) is 0. The molecule has 0 unspecified atom stereocenters. The molecule has 128 valence electrons. The van der Waals surface area contributed by atoms with Gasteiger partial charge in [0.1, 0.15) is 7.05 Å². The molecule has 1 aromatic heterocycles. The van der Waals surface area contributed by atoms with Crippen LogP contribution in [0.15, 0.2) is 48.5 Å². The first-order valence-corrected chi connectivity index (χ1v) is 8.23.